The van der Waals surface area contributed by atoms with E-state index in [2.05, 4.69) is 31.1 Å². The van der Waals surface area contributed by atoms with E-state index in [4.69, 9.17) is 16.3 Å². The Morgan fingerprint density at radius 2 is 1.22 bits per heavy atom. The number of azo groups is 2. The van der Waals surface area contributed by atoms with E-state index in [-0.39, 0.29) is 50.3 Å². The van der Waals surface area contributed by atoms with Crippen molar-refractivity contribution in [1.82, 2.24) is 0 Å². The first-order valence-corrected chi connectivity index (χ1v) is 22.8. The maximum atomic E-state index is 12.6. The molecule has 0 fully saturated rings. The number of amides is 1. The van der Waals surface area contributed by atoms with Crippen LogP contribution < -0.4 is 15.4 Å². The Kier molecular flexibility index (Phi) is 12.1. The van der Waals surface area contributed by atoms with E-state index in [1.54, 1.807) is 61.5 Å². The van der Waals surface area contributed by atoms with Gasteiger partial charge in [-0.2, -0.15) is 30.4 Å². The zero-order chi connectivity index (χ0) is 46.3. The van der Waals surface area contributed by atoms with Crippen LogP contribution in [0, 0.1) is 6.92 Å². The fourth-order valence-corrected chi connectivity index (χ4v) is 8.20. The smallest absolute Gasteiger partial charge is 0.296 e. The molecule has 0 saturated heterocycles. The van der Waals surface area contributed by atoms with Crippen LogP contribution in [0.3, 0.4) is 0 Å². The molecule has 0 aliphatic rings. The minimum Gasteiger partial charge on any atom is -0.507 e. The fourth-order valence-electron chi connectivity index (χ4n) is 6.35. The summed E-state index contributed by atoms with van der Waals surface area (Å²) in [5, 5.41) is 44.6. The summed E-state index contributed by atoms with van der Waals surface area (Å²) >= 11 is 5.90. The van der Waals surface area contributed by atoms with E-state index in [1.807, 2.05) is 0 Å². The molecule has 7 aromatic rings. The molecule has 0 aromatic heterocycles. The molecule has 0 atom stereocenters. The van der Waals surface area contributed by atoms with Crippen molar-refractivity contribution in [2.75, 3.05) is 17.7 Å². The van der Waals surface area contributed by atoms with Gasteiger partial charge in [0.05, 0.1) is 33.7 Å². The predicted octanol–water partition coefficient (Wildman–Crippen LogP) is 9.94. The van der Waals surface area contributed by atoms with Gasteiger partial charge in [0.2, 0.25) is 0 Å². The molecule has 7 aromatic carbocycles. The Balaban J connectivity index is 1.17. The molecule has 7 N–H and O–H groups in total. The van der Waals surface area contributed by atoms with E-state index >= 15 is 0 Å². The second kappa shape index (κ2) is 17.3. The van der Waals surface area contributed by atoms with E-state index < -0.39 is 62.2 Å². The van der Waals surface area contributed by atoms with Crippen molar-refractivity contribution in [1.29, 1.82) is 0 Å². The number of ether oxygens (including phenoxy) is 1. The van der Waals surface area contributed by atoms with Gasteiger partial charge in [-0.3, -0.25) is 18.5 Å². The quantitative estimate of drug-likeness (QED) is 0.0443. The second-order valence-corrected chi connectivity index (χ2v) is 18.5. The zero-order valence-electron chi connectivity index (χ0n) is 32.8. The molecule has 0 aliphatic carbocycles. The summed E-state index contributed by atoms with van der Waals surface area (Å²) in [5.74, 6) is -1.69. The highest BCUT2D eigenvalue weighted by Gasteiger charge is 2.24. The van der Waals surface area contributed by atoms with Crippen molar-refractivity contribution >= 4 is 109 Å². The van der Waals surface area contributed by atoms with Crippen LogP contribution in [0.15, 0.2) is 144 Å². The molecule has 7 rings (SSSR count). The van der Waals surface area contributed by atoms with Crippen LogP contribution in [0.4, 0.5) is 39.8 Å². The van der Waals surface area contributed by atoms with Crippen molar-refractivity contribution in [3.8, 4) is 17.2 Å². The first-order valence-electron chi connectivity index (χ1n) is 18.1. The number of nitrogens with one attached hydrogen (secondary N) is 2. The van der Waals surface area contributed by atoms with Gasteiger partial charge < -0.3 is 25.6 Å². The third kappa shape index (κ3) is 9.77. The summed E-state index contributed by atoms with van der Waals surface area (Å²) in [7, 11) is -13.5. The zero-order valence-corrected chi connectivity index (χ0v) is 36.0. The van der Waals surface area contributed by atoms with Crippen molar-refractivity contribution in [2.45, 2.75) is 21.6 Å². The van der Waals surface area contributed by atoms with Gasteiger partial charge in [-0.05, 0) is 120 Å². The minimum atomic E-state index is -5.01. The largest absolute Gasteiger partial charge is 0.507 e. The Morgan fingerprint density at radius 1 is 0.625 bits per heavy atom. The number of benzene rings is 7. The molecule has 0 unspecified atom stereocenters. The molecule has 19 nitrogen and oxygen atoms in total. The Morgan fingerprint density at radius 3 is 1.84 bits per heavy atom. The number of phenols is 2. The molecule has 23 heteroatoms. The number of nitrogens with zero attached hydrogens (tertiary/aromatic N) is 4. The topological polar surface area (TPSA) is 303 Å². The lowest BCUT2D eigenvalue weighted by Gasteiger charge is -2.12. The first-order chi connectivity index (χ1) is 30.1. The number of carbonyl (C=O) groups is 1. The van der Waals surface area contributed by atoms with E-state index in [9.17, 15) is 53.9 Å². The number of anilines is 3. The van der Waals surface area contributed by atoms with Crippen molar-refractivity contribution in [2.24, 2.45) is 20.5 Å². The summed E-state index contributed by atoms with van der Waals surface area (Å²) in [4.78, 5) is 10.3. The molecule has 0 spiro atoms. The number of carbonyl (C=O) groups excluding carboxylic acids is 1. The highest BCUT2D eigenvalue weighted by atomic mass is 35.5. The highest BCUT2D eigenvalue weighted by Crippen LogP contribution is 2.44. The van der Waals surface area contributed by atoms with E-state index in [0.717, 1.165) is 24.3 Å². The molecule has 0 saturated carbocycles. The maximum Gasteiger partial charge on any atom is 0.296 e. The summed E-state index contributed by atoms with van der Waals surface area (Å²) in [6.07, 6.45) is 0. The minimum absolute atomic E-state index is 0.0101. The van der Waals surface area contributed by atoms with Crippen LogP contribution in [-0.2, 0) is 30.4 Å². The number of fused-ring (bicyclic) bond motifs is 2. The van der Waals surface area contributed by atoms with Crippen LogP contribution in [0.2, 0.25) is 5.02 Å². The molecular weight excluding hydrogens is 916 g/mol. The predicted molar refractivity (Wildman–Crippen MR) is 236 cm³/mol. The van der Waals surface area contributed by atoms with Gasteiger partial charge in [0.1, 0.15) is 27.8 Å². The SMILES string of the molecule is COc1cc(N=Nc2cc(S(=O)(=O)O)cc3cc(S(=O)(=O)O)cc(O)c23)c(C)cc1N=Nc1c(S(=O)(=O)O)cc2cc(Nc3ccc(NC(=O)c4ccc(Cl)cc4)cc3)ccc2c1O. The monoisotopic (exact) mass is 946 g/mol. The van der Waals surface area contributed by atoms with Crippen LogP contribution in [0.5, 0.6) is 17.2 Å². The number of methoxy groups -OCH3 is 1. The van der Waals surface area contributed by atoms with Crippen LogP contribution in [-0.4, -0.2) is 62.1 Å². The molecular formula is C41H31ClN6O13S3. The standard InChI is InChI=1S/C41H31ClN6O13S3/c1-21-13-33(36(61-2)20-32(21)45-47-34-18-29(62(52,53)54)15-24-16-30(63(55,56)57)19-35(49)38(24)34)46-48-39-37(64(58,59)60)17-23-14-28(11-12-31(23)40(39)50)43-26-7-9-27(10-8-26)44-41(51)22-3-5-25(42)6-4-22/h3-20,43,49-50H,1-2H3,(H,44,51)(H,52,53,54)(H,55,56,57)(H,58,59,60). The molecule has 0 bridgehead atoms. The average molecular weight is 947 g/mol. The number of halogens is 1. The van der Waals surface area contributed by atoms with E-state index in [0.29, 0.717) is 39.3 Å². The number of hydrogen-bond acceptors (Lipinski definition) is 15. The number of rotatable bonds is 12. The lowest BCUT2D eigenvalue weighted by molar-refractivity contribution is 0.102. The van der Waals surface area contributed by atoms with Crippen LogP contribution >= 0.6 is 11.6 Å². The van der Waals surface area contributed by atoms with Crippen molar-refractivity contribution in [3.05, 3.63) is 125 Å². The van der Waals surface area contributed by atoms with Crippen molar-refractivity contribution in [3.63, 3.8) is 0 Å². The van der Waals surface area contributed by atoms with E-state index in [1.165, 1.54) is 31.4 Å². The summed E-state index contributed by atoms with van der Waals surface area (Å²) in [6.45, 7) is 1.55. The number of hydrogen-bond donors (Lipinski definition) is 7. The van der Waals surface area contributed by atoms with Gasteiger partial charge in [0, 0.05) is 45.2 Å². The third-order valence-electron chi connectivity index (χ3n) is 9.44. The maximum absolute atomic E-state index is 12.6. The Bertz CT molecular complexity index is 3460. The molecule has 0 heterocycles. The lowest BCUT2D eigenvalue weighted by atomic mass is 10.1. The number of aromatic hydroxyl groups is 2. The Hall–Kier alpha value is -7.05. The second-order valence-electron chi connectivity index (χ2n) is 13.8. The fraction of sp³-hybridized carbons (Fsp3) is 0.0488. The van der Waals surface area contributed by atoms with Gasteiger partial charge in [-0.25, -0.2) is 0 Å². The third-order valence-corrected chi connectivity index (χ3v) is 12.2. The van der Waals surface area contributed by atoms with Crippen LogP contribution in [0.1, 0.15) is 15.9 Å². The van der Waals surface area contributed by atoms with Gasteiger partial charge in [-0.1, -0.05) is 11.6 Å². The molecule has 0 aliphatic heterocycles. The van der Waals surface area contributed by atoms with Gasteiger partial charge in [0.15, 0.2) is 5.75 Å². The molecule has 0 radical (unpaired) electrons. The number of aryl methyl sites for hydroxylation is 1. The summed E-state index contributed by atoms with van der Waals surface area (Å²) in [6, 6.07) is 24.9. The molecule has 64 heavy (non-hydrogen) atoms. The lowest BCUT2D eigenvalue weighted by Crippen LogP contribution is -2.11. The number of phenolic OH excluding ortho intramolecular Hbond substituents is 2. The normalized spacial score (nSPS) is 12.3. The first kappa shape index (κ1) is 45.0. The summed E-state index contributed by atoms with van der Waals surface area (Å²) < 4.78 is 108. The Labute approximate surface area is 368 Å². The van der Waals surface area contributed by atoms with Gasteiger partial charge >= 0.3 is 0 Å². The molecule has 1 amide bonds. The highest BCUT2D eigenvalue weighted by molar-refractivity contribution is 7.86. The van der Waals surface area contributed by atoms with Crippen LogP contribution in [0.25, 0.3) is 21.5 Å². The van der Waals surface area contributed by atoms with Gasteiger partial charge in [0.25, 0.3) is 36.3 Å². The van der Waals surface area contributed by atoms with Gasteiger partial charge in [-0.15, -0.1) is 15.3 Å². The summed E-state index contributed by atoms with van der Waals surface area (Å²) in [5.41, 5.74) is 1.49. The van der Waals surface area contributed by atoms with Crippen molar-refractivity contribution < 1.29 is 58.7 Å². The average Bonchev–Trinajstić information content (AvgIpc) is 3.22. The molecule has 328 valence electrons.